The summed E-state index contributed by atoms with van der Waals surface area (Å²) in [7, 11) is 0. The molecule has 1 aliphatic carbocycles. The second kappa shape index (κ2) is 13.2. The number of fused-ring (bicyclic) bond motifs is 4. The van der Waals surface area contributed by atoms with Gasteiger partial charge in [-0.3, -0.25) is 0 Å². The van der Waals surface area contributed by atoms with Crippen LogP contribution in [-0.2, 0) is 5.41 Å². The third-order valence-corrected chi connectivity index (χ3v) is 11.2. The number of benzene rings is 8. The minimum absolute atomic E-state index is 0.0455. The molecule has 0 aromatic heterocycles. The van der Waals surface area contributed by atoms with Crippen molar-refractivity contribution < 1.29 is 0 Å². The van der Waals surface area contributed by atoms with Crippen LogP contribution in [0.25, 0.3) is 76.5 Å². The molecule has 0 amide bonds. The summed E-state index contributed by atoms with van der Waals surface area (Å²) in [4.78, 5) is 0. The van der Waals surface area contributed by atoms with Crippen molar-refractivity contribution in [3.8, 4) is 22.3 Å². The van der Waals surface area contributed by atoms with Crippen LogP contribution in [-0.4, -0.2) is 0 Å². The third-order valence-electron chi connectivity index (χ3n) is 11.2. The van der Waals surface area contributed by atoms with E-state index in [9.17, 15) is 0 Å². The van der Waals surface area contributed by atoms with E-state index in [0.717, 1.165) is 6.42 Å². The van der Waals surface area contributed by atoms with E-state index < -0.39 is 0 Å². The van der Waals surface area contributed by atoms with Crippen LogP contribution in [0.2, 0.25) is 0 Å². The van der Waals surface area contributed by atoms with Crippen LogP contribution in [0.3, 0.4) is 0 Å². The van der Waals surface area contributed by atoms with Crippen molar-refractivity contribution in [2.75, 3.05) is 0 Å². The fourth-order valence-electron chi connectivity index (χ4n) is 8.65. The molecule has 0 saturated carbocycles. The van der Waals surface area contributed by atoms with Crippen molar-refractivity contribution in [2.45, 2.75) is 39.5 Å². The van der Waals surface area contributed by atoms with Gasteiger partial charge in [0.05, 0.1) is 0 Å². The number of allylic oxidation sites excluding steroid dienone is 6. The van der Waals surface area contributed by atoms with Gasteiger partial charge in [0.15, 0.2) is 0 Å². The minimum atomic E-state index is 0.0455. The van der Waals surface area contributed by atoms with Gasteiger partial charge in [0.2, 0.25) is 0 Å². The summed E-state index contributed by atoms with van der Waals surface area (Å²) in [6.45, 7) is 9.22. The molecule has 0 spiro atoms. The molecule has 1 atom stereocenters. The molecule has 0 aliphatic heterocycles. The number of hydrogen-bond acceptors (Lipinski definition) is 0. The second-order valence-corrected chi connectivity index (χ2v) is 15.6. The standard InChI is InChI=1S/C53H44/c1-5-35-32-38(30-31-39(33-35)42-25-13-17-36-16-6-7-20-41(36)42)37-18-12-19-40(34-37)51-46-21-8-10-23-48(46)52(49-24-11-9-22-47(49)51)45-28-14-27-44-43(45)26-15-29-50(44)53(2,3)4/h6-35H,5H2,1-4H3. The predicted octanol–water partition coefficient (Wildman–Crippen LogP) is 15.0. The molecule has 0 heteroatoms. The Morgan fingerprint density at radius 3 is 1.66 bits per heavy atom. The van der Waals surface area contributed by atoms with E-state index in [1.165, 1.54) is 93.2 Å². The summed E-state index contributed by atoms with van der Waals surface area (Å²) in [5, 5.41) is 10.3. The largest absolute Gasteiger partial charge is 0.0697 e. The third kappa shape index (κ3) is 5.80. The van der Waals surface area contributed by atoms with Crippen LogP contribution in [0.15, 0.2) is 176 Å². The Morgan fingerprint density at radius 1 is 0.434 bits per heavy atom. The van der Waals surface area contributed by atoms with Crippen LogP contribution in [0.1, 0.15) is 50.8 Å². The van der Waals surface area contributed by atoms with Gasteiger partial charge in [-0.25, -0.2) is 0 Å². The van der Waals surface area contributed by atoms with Crippen molar-refractivity contribution >= 4 is 54.2 Å². The van der Waals surface area contributed by atoms with Gasteiger partial charge in [0.1, 0.15) is 0 Å². The van der Waals surface area contributed by atoms with Crippen LogP contribution >= 0.6 is 0 Å². The molecule has 0 fully saturated rings. The van der Waals surface area contributed by atoms with E-state index in [1.54, 1.807) is 0 Å². The Labute approximate surface area is 313 Å². The average molecular weight is 681 g/mol. The van der Waals surface area contributed by atoms with Gasteiger partial charge in [-0.15, -0.1) is 0 Å². The van der Waals surface area contributed by atoms with Crippen LogP contribution in [0.4, 0.5) is 0 Å². The zero-order valence-corrected chi connectivity index (χ0v) is 31.0. The lowest BCUT2D eigenvalue weighted by Crippen LogP contribution is -2.11. The van der Waals surface area contributed by atoms with Crippen LogP contribution in [0.5, 0.6) is 0 Å². The van der Waals surface area contributed by atoms with Gasteiger partial charge in [0.25, 0.3) is 0 Å². The summed E-state index contributed by atoms with van der Waals surface area (Å²) in [5.41, 5.74) is 11.6. The SMILES string of the molecule is CCC1C=C(c2cccc(-c3c4ccccc4c(-c4cccc5c(C(C)(C)C)cccc45)c4ccccc34)c2)C=CC(c2cccc3ccccc23)=C1. The number of rotatable bonds is 5. The first-order valence-electron chi connectivity index (χ1n) is 19.1. The molecule has 0 N–H and O–H groups in total. The Kier molecular flexibility index (Phi) is 8.20. The lowest BCUT2D eigenvalue weighted by molar-refractivity contribution is 0.596. The van der Waals surface area contributed by atoms with Crippen LogP contribution in [0, 0.1) is 5.92 Å². The maximum absolute atomic E-state index is 2.46. The quantitative estimate of drug-likeness (QED) is 0.159. The van der Waals surface area contributed by atoms with Gasteiger partial charge in [-0.1, -0.05) is 198 Å². The molecule has 8 aromatic rings. The molecule has 0 radical (unpaired) electrons. The molecule has 1 unspecified atom stereocenters. The topological polar surface area (TPSA) is 0 Å². The van der Waals surface area contributed by atoms with Crippen LogP contribution < -0.4 is 0 Å². The monoisotopic (exact) mass is 680 g/mol. The molecule has 0 heterocycles. The predicted molar refractivity (Wildman–Crippen MR) is 231 cm³/mol. The van der Waals surface area contributed by atoms with Crippen molar-refractivity contribution in [2.24, 2.45) is 5.92 Å². The van der Waals surface area contributed by atoms with Crippen molar-refractivity contribution in [3.05, 3.63) is 193 Å². The van der Waals surface area contributed by atoms with E-state index in [0.29, 0.717) is 5.92 Å². The van der Waals surface area contributed by atoms with Gasteiger partial charge < -0.3 is 0 Å². The van der Waals surface area contributed by atoms with E-state index in [-0.39, 0.29) is 5.41 Å². The zero-order chi connectivity index (χ0) is 36.1. The molecule has 8 aromatic carbocycles. The van der Waals surface area contributed by atoms with Crippen molar-refractivity contribution in [1.82, 2.24) is 0 Å². The van der Waals surface area contributed by atoms with Gasteiger partial charge in [-0.2, -0.15) is 0 Å². The zero-order valence-electron chi connectivity index (χ0n) is 31.0. The maximum Gasteiger partial charge on any atom is -0.00201 e. The summed E-state index contributed by atoms with van der Waals surface area (Å²) in [6, 6.07) is 56.3. The van der Waals surface area contributed by atoms with E-state index in [2.05, 4.69) is 204 Å². The maximum atomic E-state index is 2.46. The van der Waals surface area contributed by atoms with E-state index >= 15 is 0 Å². The summed E-state index contributed by atoms with van der Waals surface area (Å²) in [5.74, 6) is 0.332. The molecular formula is C53H44. The first-order valence-corrected chi connectivity index (χ1v) is 19.1. The second-order valence-electron chi connectivity index (χ2n) is 15.6. The molecule has 53 heavy (non-hydrogen) atoms. The molecule has 9 rings (SSSR count). The first kappa shape index (κ1) is 32.9. The molecule has 0 saturated heterocycles. The fourth-order valence-corrected chi connectivity index (χ4v) is 8.65. The molecular weight excluding hydrogens is 637 g/mol. The van der Waals surface area contributed by atoms with E-state index in [1.807, 2.05) is 0 Å². The summed E-state index contributed by atoms with van der Waals surface area (Å²) in [6.07, 6.45) is 10.6. The van der Waals surface area contributed by atoms with Gasteiger partial charge in [-0.05, 0) is 117 Å². The normalized spacial score (nSPS) is 14.8. The number of hydrogen-bond donors (Lipinski definition) is 0. The lowest BCUT2D eigenvalue weighted by Gasteiger charge is -2.23. The Morgan fingerprint density at radius 2 is 0.943 bits per heavy atom. The Balaban J connectivity index is 1.21. The highest BCUT2D eigenvalue weighted by atomic mass is 14.2. The lowest BCUT2D eigenvalue weighted by atomic mass is 9.81. The Bertz CT molecular complexity index is 2730. The minimum Gasteiger partial charge on any atom is -0.0697 e. The highest BCUT2D eigenvalue weighted by Gasteiger charge is 2.21. The molecule has 1 aliphatic rings. The van der Waals surface area contributed by atoms with Gasteiger partial charge >= 0.3 is 0 Å². The van der Waals surface area contributed by atoms with E-state index in [4.69, 9.17) is 0 Å². The fraction of sp³-hybridized carbons (Fsp3) is 0.132. The first-order chi connectivity index (χ1) is 25.9. The van der Waals surface area contributed by atoms with Crippen molar-refractivity contribution in [1.29, 1.82) is 0 Å². The Hall–Kier alpha value is -5.98. The van der Waals surface area contributed by atoms with Gasteiger partial charge in [0, 0.05) is 0 Å². The summed E-state index contributed by atoms with van der Waals surface area (Å²) < 4.78 is 0. The smallest absolute Gasteiger partial charge is 0.00201 e. The highest BCUT2D eigenvalue weighted by molar-refractivity contribution is 6.23. The highest BCUT2D eigenvalue weighted by Crippen LogP contribution is 2.46. The average Bonchev–Trinajstić information content (AvgIpc) is 3.42. The summed E-state index contributed by atoms with van der Waals surface area (Å²) >= 11 is 0. The van der Waals surface area contributed by atoms with Crippen molar-refractivity contribution in [3.63, 3.8) is 0 Å². The molecule has 256 valence electrons. The molecule has 0 nitrogen and oxygen atoms in total. The molecule has 0 bridgehead atoms.